The van der Waals surface area contributed by atoms with E-state index in [-0.39, 0.29) is 12.1 Å². The van der Waals surface area contributed by atoms with Crippen LogP contribution in [0.1, 0.15) is 28.3 Å². The molecule has 148 valence electrons. The zero-order chi connectivity index (χ0) is 20.6. The first kappa shape index (κ1) is 19.2. The molecular weight excluding hydrogens is 382 g/mol. The topological polar surface area (TPSA) is 20.3 Å². The predicted octanol–water partition coefficient (Wildman–Crippen LogP) is 5.65. The SMILES string of the molecule is O=C1N(Cc2ccccc2)[C@H](c2ccccc2)[C@@]1(F)c1ccc(C(F)(F)F)cc1. The van der Waals surface area contributed by atoms with Gasteiger partial charge in [0, 0.05) is 12.1 Å². The van der Waals surface area contributed by atoms with Gasteiger partial charge in [-0.2, -0.15) is 13.2 Å². The fourth-order valence-electron chi connectivity index (χ4n) is 3.76. The Kier molecular flexibility index (Phi) is 4.65. The molecular formula is C23H17F4NO. The van der Waals surface area contributed by atoms with Crippen molar-refractivity contribution in [2.75, 3.05) is 0 Å². The summed E-state index contributed by atoms with van der Waals surface area (Å²) in [6.07, 6.45) is -4.52. The molecule has 0 aromatic heterocycles. The van der Waals surface area contributed by atoms with E-state index in [0.29, 0.717) is 5.56 Å². The number of carbonyl (C=O) groups is 1. The van der Waals surface area contributed by atoms with Crippen LogP contribution in [0.25, 0.3) is 0 Å². The molecule has 1 aliphatic heterocycles. The van der Waals surface area contributed by atoms with Crippen molar-refractivity contribution >= 4 is 5.91 Å². The van der Waals surface area contributed by atoms with Crippen molar-refractivity contribution in [2.45, 2.75) is 24.4 Å². The number of β-lactam (4-membered cyclic amide) rings is 1. The number of halogens is 4. The van der Waals surface area contributed by atoms with Gasteiger partial charge in [-0.15, -0.1) is 0 Å². The largest absolute Gasteiger partial charge is 0.416 e. The van der Waals surface area contributed by atoms with Crippen LogP contribution < -0.4 is 0 Å². The highest BCUT2D eigenvalue weighted by molar-refractivity contribution is 5.94. The highest BCUT2D eigenvalue weighted by atomic mass is 19.4. The monoisotopic (exact) mass is 399 g/mol. The Bertz CT molecular complexity index is 1000. The van der Waals surface area contributed by atoms with E-state index in [4.69, 9.17) is 0 Å². The van der Waals surface area contributed by atoms with E-state index in [0.717, 1.165) is 29.8 Å². The number of amides is 1. The molecule has 29 heavy (non-hydrogen) atoms. The van der Waals surface area contributed by atoms with Crippen molar-refractivity contribution in [1.29, 1.82) is 0 Å². The Balaban J connectivity index is 1.72. The average Bonchev–Trinajstić information content (AvgIpc) is 2.74. The maximum atomic E-state index is 16.1. The molecule has 0 radical (unpaired) electrons. The number of benzene rings is 3. The molecule has 6 heteroatoms. The summed E-state index contributed by atoms with van der Waals surface area (Å²) < 4.78 is 54.7. The Labute approximate surface area is 165 Å². The summed E-state index contributed by atoms with van der Waals surface area (Å²) >= 11 is 0. The minimum atomic E-state index is -4.52. The number of carbonyl (C=O) groups excluding carboxylic acids is 1. The van der Waals surface area contributed by atoms with Gasteiger partial charge < -0.3 is 4.90 Å². The molecule has 1 heterocycles. The van der Waals surface area contributed by atoms with E-state index < -0.39 is 29.4 Å². The maximum Gasteiger partial charge on any atom is 0.416 e. The zero-order valence-electron chi connectivity index (χ0n) is 15.2. The number of alkyl halides is 4. The first-order valence-corrected chi connectivity index (χ1v) is 9.08. The molecule has 4 rings (SSSR count). The van der Waals surface area contributed by atoms with Crippen LogP contribution >= 0.6 is 0 Å². The van der Waals surface area contributed by atoms with E-state index in [1.54, 1.807) is 30.3 Å². The summed E-state index contributed by atoms with van der Waals surface area (Å²) in [6.45, 7) is 0.214. The highest BCUT2D eigenvalue weighted by Gasteiger charge is 2.63. The van der Waals surface area contributed by atoms with Crippen molar-refractivity contribution in [3.05, 3.63) is 107 Å². The quantitative estimate of drug-likeness (QED) is 0.410. The maximum absolute atomic E-state index is 16.1. The normalized spacial score (nSPS) is 21.7. The third kappa shape index (κ3) is 3.28. The van der Waals surface area contributed by atoms with Crippen LogP contribution in [0, 0.1) is 0 Å². The van der Waals surface area contributed by atoms with Gasteiger partial charge in [0.25, 0.3) is 5.91 Å². The Morgan fingerprint density at radius 2 is 1.38 bits per heavy atom. The van der Waals surface area contributed by atoms with Gasteiger partial charge in [-0.3, -0.25) is 4.79 Å². The Morgan fingerprint density at radius 1 is 0.828 bits per heavy atom. The van der Waals surface area contributed by atoms with Crippen LogP contribution in [0.4, 0.5) is 17.6 Å². The highest BCUT2D eigenvalue weighted by Crippen LogP contribution is 2.53. The minimum absolute atomic E-state index is 0.0753. The molecule has 0 saturated carbocycles. The van der Waals surface area contributed by atoms with Crippen LogP contribution in [0.5, 0.6) is 0 Å². The van der Waals surface area contributed by atoms with Crippen molar-refractivity contribution in [1.82, 2.24) is 4.90 Å². The zero-order valence-corrected chi connectivity index (χ0v) is 15.2. The van der Waals surface area contributed by atoms with Gasteiger partial charge in [-0.25, -0.2) is 4.39 Å². The molecule has 0 spiro atoms. The van der Waals surface area contributed by atoms with Crippen molar-refractivity contribution < 1.29 is 22.4 Å². The second-order valence-electron chi connectivity index (χ2n) is 7.02. The lowest BCUT2D eigenvalue weighted by atomic mass is 9.74. The number of nitrogens with zero attached hydrogens (tertiary/aromatic N) is 1. The van der Waals surface area contributed by atoms with Crippen LogP contribution in [-0.4, -0.2) is 10.8 Å². The van der Waals surface area contributed by atoms with Crippen LogP contribution in [-0.2, 0) is 23.2 Å². The van der Waals surface area contributed by atoms with Crippen LogP contribution in [0.3, 0.4) is 0 Å². The van der Waals surface area contributed by atoms with Crippen molar-refractivity contribution in [3.63, 3.8) is 0 Å². The van der Waals surface area contributed by atoms with E-state index in [9.17, 15) is 18.0 Å². The summed E-state index contributed by atoms with van der Waals surface area (Å²) in [7, 11) is 0. The van der Waals surface area contributed by atoms with Gasteiger partial charge in [0.15, 0.2) is 0 Å². The summed E-state index contributed by atoms with van der Waals surface area (Å²) in [5.74, 6) is -0.755. The van der Waals surface area contributed by atoms with Crippen molar-refractivity contribution in [3.8, 4) is 0 Å². The molecule has 1 aliphatic rings. The molecule has 0 bridgehead atoms. The molecule has 1 amide bonds. The molecule has 0 aliphatic carbocycles. The number of hydrogen-bond donors (Lipinski definition) is 0. The number of hydrogen-bond acceptors (Lipinski definition) is 1. The lowest BCUT2D eigenvalue weighted by molar-refractivity contribution is -0.181. The lowest BCUT2D eigenvalue weighted by Gasteiger charge is -2.51. The smallest absolute Gasteiger partial charge is 0.324 e. The fourth-order valence-corrected chi connectivity index (χ4v) is 3.76. The molecule has 0 unspecified atom stereocenters. The van der Waals surface area contributed by atoms with E-state index in [1.165, 1.54) is 4.90 Å². The lowest BCUT2D eigenvalue weighted by Crippen LogP contribution is -2.63. The minimum Gasteiger partial charge on any atom is -0.324 e. The first-order chi connectivity index (χ1) is 13.8. The van der Waals surface area contributed by atoms with Crippen LogP contribution in [0.2, 0.25) is 0 Å². The third-order valence-electron chi connectivity index (χ3n) is 5.20. The summed E-state index contributed by atoms with van der Waals surface area (Å²) in [5, 5.41) is 0. The average molecular weight is 399 g/mol. The second-order valence-corrected chi connectivity index (χ2v) is 7.02. The van der Waals surface area contributed by atoms with Crippen LogP contribution in [0.15, 0.2) is 84.9 Å². The predicted molar refractivity (Wildman–Crippen MR) is 100 cm³/mol. The van der Waals surface area contributed by atoms with Crippen molar-refractivity contribution in [2.24, 2.45) is 0 Å². The van der Waals surface area contributed by atoms with Gasteiger partial charge in [0.05, 0.1) is 5.56 Å². The van der Waals surface area contributed by atoms with Gasteiger partial charge in [-0.05, 0) is 23.3 Å². The number of rotatable bonds is 4. The third-order valence-corrected chi connectivity index (χ3v) is 5.20. The van der Waals surface area contributed by atoms with Gasteiger partial charge in [0.1, 0.15) is 6.04 Å². The molecule has 2 nitrogen and oxygen atoms in total. The molecule has 1 fully saturated rings. The number of likely N-dealkylation sites (tertiary alicyclic amines) is 1. The summed E-state index contributed by atoms with van der Waals surface area (Å²) in [6, 6.07) is 20.7. The summed E-state index contributed by atoms with van der Waals surface area (Å²) in [5.41, 5.74) is -1.94. The van der Waals surface area contributed by atoms with E-state index in [1.807, 2.05) is 30.3 Å². The Morgan fingerprint density at radius 3 is 1.93 bits per heavy atom. The van der Waals surface area contributed by atoms with Gasteiger partial charge in [0.2, 0.25) is 5.67 Å². The van der Waals surface area contributed by atoms with Gasteiger partial charge in [-0.1, -0.05) is 72.8 Å². The molecule has 3 aromatic carbocycles. The Hall–Kier alpha value is -3.15. The van der Waals surface area contributed by atoms with Gasteiger partial charge >= 0.3 is 6.18 Å². The fraction of sp³-hybridized carbons (Fsp3) is 0.174. The molecule has 0 N–H and O–H groups in total. The van der Waals surface area contributed by atoms with E-state index >= 15 is 4.39 Å². The first-order valence-electron chi connectivity index (χ1n) is 9.08. The standard InChI is InChI=1S/C23H17F4NO/c24-22(18-11-13-19(14-12-18)23(25,26)27)20(17-9-5-2-6-10-17)28(21(22)29)15-16-7-3-1-4-8-16/h1-14,20H,15H2/t20-,22+/m1/s1. The van der Waals surface area contributed by atoms with E-state index in [2.05, 4.69) is 0 Å². The second kappa shape index (κ2) is 7.03. The molecule has 2 atom stereocenters. The molecule has 3 aromatic rings. The molecule has 1 saturated heterocycles. The summed E-state index contributed by atoms with van der Waals surface area (Å²) in [4.78, 5) is 14.3.